The lowest BCUT2D eigenvalue weighted by Gasteiger charge is -2.27. The molecule has 0 radical (unpaired) electrons. The molecule has 2 aliphatic heterocycles. The van der Waals surface area contributed by atoms with Crippen LogP contribution in [0.15, 0.2) is 0 Å². The summed E-state index contributed by atoms with van der Waals surface area (Å²) in [5, 5.41) is 3.19. The number of likely N-dealkylation sites (tertiary alicyclic amines) is 1. The fourth-order valence-corrected chi connectivity index (χ4v) is 2.32. The number of nitrogens with zero attached hydrogens (tertiary/aromatic N) is 1. The summed E-state index contributed by atoms with van der Waals surface area (Å²) in [5.41, 5.74) is 0. The molecule has 18 heavy (non-hydrogen) atoms. The molecule has 2 saturated heterocycles. The zero-order chi connectivity index (χ0) is 13.0. The van der Waals surface area contributed by atoms with Gasteiger partial charge in [0.05, 0.1) is 12.7 Å². The van der Waals surface area contributed by atoms with Crippen molar-refractivity contribution < 1.29 is 14.3 Å². The quantitative estimate of drug-likeness (QED) is 0.783. The first-order chi connectivity index (χ1) is 8.66. The molecule has 1 N–H and O–H groups in total. The molecule has 0 aromatic heterocycles. The summed E-state index contributed by atoms with van der Waals surface area (Å²) in [7, 11) is 0. The average Bonchev–Trinajstić information content (AvgIpc) is 2.85. The van der Waals surface area contributed by atoms with Crippen LogP contribution in [-0.4, -0.2) is 62.4 Å². The first-order valence-electron chi connectivity index (χ1n) is 6.89. The van der Waals surface area contributed by atoms with E-state index < -0.39 is 0 Å². The van der Waals surface area contributed by atoms with E-state index in [4.69, 9.17) is 9.47 Å². The van der Waals surface area contributed by atoms with E-state index in [2.05, 4.69) is 19.2 Å². The molecule has 0 saturated carbocycles. The van der Waals surface area contributed by atoms with Gasteiger partial charge in [0.25, 0.3) is 5.91 Å². The van der Waals surface area contributed by atoms with Gasteiger partial charge in [-0.15, -0.1) is 0 Å². The molecule has 0 aromatic rings. The van der Waals surface area contributed by atoms with Gasteiger partial charge in [-0.3, -0.25) is 4.79 Å². The standard InChI is InChI=1S/C13H24N2O3/c1-10(2)9-18-11-3-5-15(8-11)13(16)12-7-14-4-6-17-12/h10-12,14H,3-9H2,1-2H3. The molecule has 0 spiro atoms. The highest BCUT2D eigenvalue weighted by Crippen LogP contribution is 2.16. The summed E-state index contributed by atoms with van der Waals surface area (Å²) < 4.78 is 11.3. The van der Waals surface area contributed by atoms with E-state index in [0.717, 1.165) is 26.1 Å². The van der Waals surface area contributed by atoms with E-state index in [1.807, 2.05) is 4.90 Å². The van der Waals surface area contributed by atoms with E-state index in [1.165, 1.54) is 0 Å². The first kappa shape index (κ1) is 13.8. The van der Waals surface area contributed by atoms with Crippen LogP contribution in [0.5, 0.6) is 0 Å². The van der Waals surface area contributed by atoms with Crippen molar-refractivity contribution in [3.05, 3.63) is 0 Å². The van der Waals surface area contributed by atoms with Crippen LogP contribution in [0, 0.1) is 5.92 Å². The largest absolute Gasteiger partial charge is 0.376 e. The minimum absolute atomic E-state index is 0.109. The van der Waals surface area contributed by atoms with E-state index in [1.54, 1.807) is 0 Å². The van der Waals surface area contributed by atoms with Crippen LogP contribution >= 0.6 is 0 Å². The normalized spacial score (nSPS) is 28.9. The van der Waals surface area contributed by atoms with Crippen LogP contribution in [0.1, 0.15) is 20.3 Å². The molecular weight excluding hydrogens is 232 g/mol. The summed E-state index contributed by atoms with van der Waals surface area (Å²) >= 11 is 0. The number of carbonyl (C=O) groups excluding carboxylic acids is 1. The van der Waals surface area contributed by atoms with Crippen LogP contribution in [0.2, 0.25) is 0 Å². The Morgan fingerprint density at radius 2 is 2.39 bits per heavy atom. The lowest BCUT2D eigenvalue weighted by atomic mass is 10.2. The third kappa shape index (κ3) is 3.67. The maximum Gasteiger partial charge on any atom is 0.253 e. The van der Waals surface area contributed by atoms with Gasteiger partial charge < -0.3 is 19.7 Å². The predicted octanol–water partition coefficient (Wildman–Crippen LogP) is 0.248. The number of ether oxygens (including phenoxy) is 2. The van der Waals surface area contributed by atoms with Crippen LogP contribution in [0.4, 0.5) is 0 Å². The number of carbonyl (C=O) groups is 1. The van der Waals surface area contributed by atoms with Gasteiger partial charge in [-0.2, -0.15) is 0 Å². The minimum atomic E-state index is -0.303. The molecule has 0 aliphatic carbocycles. The molecule has 5 nitrogen and oxygen atoms in total. The van der Waals surface area contributed by atoms with Gasteiger partial charge in [-0.1, -0.05) is 13.8 Å². The Labute approximate surface area is 109 Å². The molecule has 2 unspecified atom stereocenters. The van der Waals surface area contributed by atoms with Gasteiger partial charge >= 0.3 is 0 Å². The van der Waals surface area contributed by atoms with Crippen LogP contribution < -0.4 is 5.32 Å². The number of amides is 1. The van der Waals surface area contributed by atoms with Crippen LogP contribution in [0.25, 0.3) is 0 Å². The molecule has 2 atom stereocenters. The zero-order valence-corrected chi connectivity index (χ0v) is 11.4. The van der Waals surface area contributed by atoms with Crippen molar-refractivity contribution >= 4 is 5.91 Å². The molecule has 0 aromatic carbocycles. The highest BCUT2D eigenvalue weighted by Gasteiger charge is 2.32. The predicted molar refractivity (Wildman–Crippen MR) is 68.4 cm³/mol. The Kier molecular flexibility index (Phi) is 4.97. The number of nitrogens with one attached hydrogen (secondary N) is 1. The molecule has 1 amide bonds. The van der Waals surface area contributed by atoms with Crippen molar-refractivity contribution in [3.8, 4) is 0 Å². The van der Waals surface area contributed by atoms with E-state index in [-0.39, 0.29) is 18.1 Å². The molecule has 5 heteroatoms. The second kappa shape index (κ2) is 6.50. The molecule has 104 valence electrons. The van der Waals surface area contributed by atoms with E-state index in [0.29, 0.717) is 25.6 Å². The Morgan fingerprint density at radius 3 is 3.06 bits per heavy atom. The number of rotatable bonds is 4. The monoisotopic (exact) mass is 256 g/mol. The topological polar surface area (TPSA) is 50.8 Å². The Morgan fingerprint density at radius 1 is 1.56 bits per heavy atom. The molecule has 2 rings (SSSR count). The summed E-state index contributed by atoms with van der Waals surface area (Å²) in [6.45, 7) is 8.65. The van der Waals surface area contributed by atoms with Crippen LogP contribution in [-0.2, 0) is 14.3 Å². The third-order valence-corrected chi connectivity index (χ3v) is 3.32. The van der Waals surface area contributed by atoms with Crippen molar-refractivity contribution in [2.75, 3.05) is 39.4 Å². The van der Waals surface area contributed by atoms with Gasteiger partial charge in [-0.25, -0.2) is 0 Å². The van der Waals surface area contributed by atoms with Crippen molar-refractivity contribution in [3.63, 3.8) is 0 Å². The maximum absolute atomic E-state index is 12.2. The van der Waals surface area contributed by atoms with Gasteiger partial charge in [0.2, 0.25) is 0 Å². The smallest absolute Gasteiger partial charge is 0.253 e. The second-order valence-electron chi connectivity index (χ2n) is 5.49. The van der Waals surface area contributed by atoms with Gasteiger partial charge in [0.15, 0.2) is 0 Å². The molecular formula is C13H24N2O3. The Hall–Kier alpha value is -0.650. The molecule has 2 fully saturated rings. The van der Waals surface area contributed by atoms with Crippen molar-refractivity contribution in [2.24, 2.45) is 5.92 Å². The van der Waals surface area contributed by atoms with Crippen molar-refractivity contribution in [1.29, 1.82) is 0 Å². The lowest BCUT2D eigenvalue weighted by molar-refractivity contribution is -0.144. The second-order valence-corrected chi connectivity index (χ2v) is 5.49. The summed E-state index contributed by atoms with van der Waals surface area (Å²) in [5.74, 6) is 0.651. The van der Waals surface area contributed by atoms with Gasteiger partial charge in [-0.05, 0) is 12.3 Å². The number of hydrogen-bond donors (Lipinski definition) is 1. The van der Waals surface area contributed by atoms with Gasteiger partial charge in [0, 0.05) is 32.8 Å². The van der Waals surface area contributed by atoms with E-state index >= 15 is 0 Å². The summed E-state index contributed by atoms with van der Waals surface area (Å²) in [4.78, 5) is 14.1. The average molecular weight is 256 g/mol. The fraction of sp³-hybridized carbons (Fsp3) is 0.923. The van der Waals surface area contributed by atoms with Crippen LogP contribution in [0.3, 0.4) is 0 Å². The molecule has 2 aliphatic rings. The molecule has 2 heterocycles. The highest BCUT2D eigenvalue weighted by atomic mass is 16.5. The van der Waals surface area contributed by atoms with E-state index in [9.17, 15) is 4.79 Å². The number of morpholine rings is 1. The Bertz CT molecular complexity index is 277. The maximum atomic E-state index is 12.2. The zero-order valence-electron chi connectivity index (χ0n) is 11.4. The van der Waals surface area contributed by atoms with Crippen molar-refractivity contribution in [2.45, 2.75) is 32.5 Å². The van der Waals surface area contributed by atoms with Crippen molar-refractivity contribution in [1.82, 2.24) is 10.2 Å². The third-order valence-electron chi connectivity index (χ3n) is 3.32. The van der Waals surface area contributed by atoms with Gasteiger partial charge in [0.1, 0.15) is 6.10 Å². The summed E-state index contributed by atoms with van der Waals surface area (Å²) in [6.07, 6.45) is 0.842. The number of hydrogen-bond acceptors (Lipinski definition) is 4. The molecule has 0 bridgehead atoms. The SMILES string of the molecule is CC(C)COC1CCN(C(=O)C2CNCCO2)C1. The first-order valence-corrected chi connectivity index (χ1v) is 6.89. The lowest BCUT2D eigenvalue weighted by Crippen LogP contribution is -2.49. The minimum Gasteiger partial charge on any atom is -0.376 e. The highest BCUT2D eigenvalue weighted by molar-refractivity contribution is 5.81. The summed E-state index contributed by atoms with van der Waals surface area (Å²) in [6, 6.07) is 0. The fourth-order valence-electron chi connectivity index (χ4n) is 2.32. The Balaban J connectivity index is 1.75.